The number of methoxy groups -OCH3 is 1. The molecule has 1 aromatic carbocycles. The molecule has 0 radical (unpaired) electrons. The lowest BCUT2D eigenvalue weighted by molar-refractivity contribution is -0.142. The van der Waals surface area contributed by atoms with E-state index in [2.05, 4.69) is 9.97 Å². The van der Waals surface area contributed by atoms with E-state index >= 15 is 0 Å². The van der Waals surface area contributed by atoms with Crippen molar-refractivity contribution in [1.82, 2.24) is 9.97 Å². The summed E-state index contributed by atoms with van der Waals surface area (Å²) in [4.78, 5) is 18.4. The highest BCUT2D eigenvalue weighted by atomic mass is 16.5. The number of hydrogen-bond acceptors (Lipinski definition) is 3. The molecule has 2 N–H and O–H groups in total. The summed E-state index contributed by atoms with van der Waals surface area (Å²) < 4.78 is 5.16. The van der Waals surface area contributed by atoms with Crippen LogP contribution in [0.5, 0.6) is 5.75 Å². The maximum Gasteiger partial charge on any atom is 0.316 e. The number of rotatable bonds is 4. The molecule has 2 rings (SSSR count). The quantitative estimate of drug-likeness (QED) is 0.885. The molecule has 0 fully saturated rings. The molecule has 0 amide bonds. The highest BCUT2D eigenvalue weighted by molar-refractivity contribution is 5.79. The third kappa shape index (κ3) is 2.45. The first kappa shape index (κ1) is 13.1. The Hall–Kier alpha value is -2.30. The SMILES string of the molecule is COc1cccc(-c2cnc(C(C)(C)C(=O)O)[nH]2)c1. The molecule has 100 valence electrons. The van der Waals surface area contributed by atoms with E-state index in [1.807, 2.05) is 24.3 Å². The summed E-state index contributed by atoms with van der Waals surface area (Å²) in [6.07, 6.45) is 1.63. The zero-order valence-electron chi connectivity index (χ0n) is 11.1. The Balaban J connectivity index is 2.38. The standard InChI is InChI=1S/C14H16N2O3/c1-14(2,13(17)18)12-15-8-11(16-12)9-5-4-6-10(7-9)19-3/h4-8H,1-3H3,(H,15,16)(H,17,18). The van der Waals surface area contributed by atoms with Crippen molar-refractivity contribution >= 4 is 5.97 Å². The molecule has 0 aliphatic heterocycles. The minimum Gasteiger partial charge on any atom is -0.497 e. The number of carboxylic acid groups (broad SMARTS) is 1. The zero-order valence-corrected chi connectivity index (χ0v) is 11.1. The molecule has 0 saturated heterocycles. The highest BCUT2D eigenvalue weighted by Gasteiger charge is 2.32. The second kappa shape index (κ2) is 4.76. The maximum atomic E-state index is 11.2. The molecule has 1 aromatic heterocycles. The van der Waals surface area contributed by atoms with Crippen LogP contribution in [0.15, 0.2) is 30.5 Å². The van der Waals surface area contributed by atoms with Crippen molar-refractivity contribution < 1.29 is 14.6 Å². The predicted molar refractivity (Wildman–Crippen MR) is 71.2 cm³/mol. The molecule has 0 spiro atoms. The van der Waals surface area contributed by atoms with Gasteiger partial charge in [-0.2, -0.15) is 0 Å². The minimum atomic E-state index is -1.04. The van der Waals surface area contributed by atoms with Gasteiger partial charge in [0.05, 0.1) is 19.0 Å². The van der Waals surface area contributed by atoms with Gasteiger partial charge in [0.1, 0.15) is 17.0 Å². The summed E-state index contributed by atoms with van der Waals surface area (Å²) in [6, 6.07) is 7.50. The van der Waals surface area contributed by atoms with Crippen LogP contribution < -0.4 is 4.74 Å². The summed E-state index contributed by atoms with van der Waals surface area (Å²) in [6.45, 7) is 3.23. The summed E-state index contributed by atoms with van der Waals surface area (Å²) in [5, 5.41) is 9.18. The van der Waals surface area contributed by atoms with Crippen molar-refractivity contribution in [2.45, 2.75) is 19.3 Å². The van der Waals surface area contributed by atoms with Crippen molar-refractivity contribution in [1.29, 1.82) is 0 Å². The van der Waals surface area contributed by atoms with Gasteiger partial charge in [0.15, 0.2) is 0 Å². The first-order chi connectivity index (χ1) is 8.95. The van der Waals surface area contributed by atoms with Crippen LogP contribution in [0.25, 0.3) is 11.3 Å². The average Bonchev–Trinajstić information content (AvgIpc) is 2.89. The number of carbonyl (C=O) groups is 1. The average molecular weight is 260 g/mol. The third-order valence-corrected chi connectivity index (χ3v) is 3.08. The second-order valence-corrected chi connectivity index (χ2v) is 4.81. The smallest absolute Gasteiger partial charge is 0.316 e. The molecule has 0 aliphatic carbocycles. The number of aliphatic carboxylic acids is 1. The summed E-state index contributed by atoms with van der Waals surface area (Å²) in [5.41, 5.74) is 0.624. The van der Waals surface area contributed by atoms with Crippen LogP contribution in [-0.4, -0.2) is 28.2 Å². The fourth-order valence-corrected chi connectivity index (χ4v) is 1.68. The van der Waals surface area contributed by atoms with E-state index in [1.54, 1.807) is 27.2 Å². The molecule has 5 heteroatoms. The largest absolute Gasteiger partial charge is 0.497 e. The number of aromatic nitrogens is 2. The molecule has 2 aromatic rings. The van der Waals surface area contributed by atoms with Gasteiger partial charge in [-0.3, -0.25) is 4.79 Å². The fraction of sp³-hybridized carbons (Fsp3) is 0.286. The number of imidazole rings is 1. The van der Waals surface area contributed by atoms with Crippen molar-refractivity contribution in [3.05, 3.63) is 36.3 Å². The monoisotopic (exact) mass is 260 g/mol. The van der Waals surface area contributed by atoms with Crippen LogP contribution in [0.1, 0.15) is 19.7 Å². The molecule has 0 atom stereocenters. The lowest BCUT2D eigenvalue weighted by Gasteiger charge is -2.15. The Bertz CT molecular complexity index is 602. The van der Waals surface area contributed by atoms with E-state index in [0.717, 1.165) is 17.0 Å². The Morgan fingerprint density at radius 2 is 2.16 bits per heavy atom. The number of benzene rings is 1. The van der Waals surface area contributed by atoms with Gasteiger partial charge < -0.3 is 14.8 Å². The van der Waals surface area contributed by atoms with Crippen molar-refractivity contribution in [2.75, 3.05) is 7.11 Å². The molecule has 0 saturated carbocycles. The number of nitrogens with zero attached hydrogens (tertiary/aromatic N) is 1. The maximum absolute atomic E-state index is 11.2. The zero-order chi connectivity index (χ0) is 14.0. The second-order valence-electron chi connectivity index (χ2n) is 4.81. The number of nitrogens with one attached hydrogen (secondary N) is 1. The molecule has 0 unspecified atom stereocenters. The Labute approximate surface area is 111 Å². The van der Waals surface area contributed by atoms with E-state index in [9.17, 15) is 9.90 Å². The highest BCUT2D eigenvalue weighted by Crippen LogP contribution is 2.26. The number of H-pyrrole nitrogens is 1. The molecular formula is C14H16N2O3. The van der Waals surface area contributed by atoms with Crippen molar-refractivity contribution in [2.24, 2.45) is 0 Å². The molecule has 0 bridgehead atoms. The molecule has 5 nitrogen and oxygen atoms in total. The van der Waals surface area contributed by atoms with Gasteiger partial charge >= 0.3 is 5.97 Å². The van der Waals surface area contributed by atoms with Gasteiger partial charge in [-0.05, 0) is 26.0 Å². The van der Waals surface area contributed by atoms with Crippen molar-refractivity contribution in [3.8, 4) is 17.0 Å². The lowest BCUT2D eigenvalue weighted by Crippen LogP contribution is -2.29. The predicted octanol–water partition coefficient (Wildman–Crippen LogP) is 2.45. The Morgan fingerprint density at radius 3 is 2.79 bits per heavy atom. The number of aromatic amines is 1. The molecule has 1 heterocycles. The van der Waals surface area contributed by atoms with E-state index in [-0.39, 0.29) is 0 Å². The van der Waals surface area contributed by atoms with Gasteiger partial charge in [-0.1, -0.05) is 12.1 Å². The molecule has 19 heavy (non-hydrogen) atoms. The summed E-state index contributed by atoms with van der Waals surface area (Å²) in [7, 11) is 1.60. The first-order valence-corrected chi connectivity index (χ1v) is 5.88. The Kier molecular flexibility index (Phi) is 3.29. The van der Waals surface area contributed by atoms with Crippen LogP contribution in [0.4, 0.5) is 0 Å². The Morgan fingerprint density at radius 1 is 1.42 bits per heavy atom. The van der Waals surface area contributed by atoms with Crippen LogP contribution in [0, 0.1) is 0 Å². The fourth-order valence-electron chi connectivity index (χ4n) is 1.68. The van der Waals surface area contributed by atoms with Crippen LogP contribution in [0.2, 0.25) is 0 Å². The van der Waals surface area contributed by atoms with Gasteiger partial charge in [-0.25, -0.2) is 4.98 Å². The number of carboxylic acids is 1. The van der Waals surface area contributed by atoms with E-state index in [0.29, 0.717) is 5.82 Å². The normalized spacial score (nSPS) is 11.3. The van der Waals surface area contributed by atoms with Crippen LogP contribution >= 0.6 is 0 Å². The lowest BCUT2D eigenvalue weighted by atomic mass is 9.93. The van der Waals surface area contributed by atoms with Gasteiger partial charge in [0.25, 0.3) is 0 Å². The van der Waals surface area contributed by atoms with Crippen LogP contribution in [-0.2, 0) is 10.2 Å². The summed E-state index contributed by atoms with van der Waals surface area (Å²) in [5.74, 6) is 0.253. The first-order valence-electron chi connectivity index (χ1n) is 5.88. The summed E-state index contributed by atoms with van der Waals surface area (Å²) >= 11 is 0. The van der Waals surface area contributed by atoms with Crippen LogP contribution in [0.3, 0.4) is 0 Å². The number of hydrogen-bond donors (Lipinski definition) is 2. The number of ether oxygens (including phenoxy) is 1. The minimum absolute atomic E-state index is 0.429. The van der Waals surface area contributed by atoms with Gasteiger partial charge in [0, 0.05) is 5.56 Å². The molecule has 0 aliphatic rings. The third-order valence-electron chi connectivity index (χ3n) is 3.08. The molecular weight excluding hydrogens is 244 g/mol. The van der Waals surface area contributed by atoms with E-state index in [4.69, 9.17) is 4.74 Å². The van der Waals surface area contributed by atoms with E-state index in [1.165, 1.54) is 0 Å². The van der Waals surface area contributed by atoms with E-state index < -0.39 is 11.4 Å². The van der Waals surface area contributed by atoms with Crippen molar-refractivity contribution in [3.63, 3.8) is 0 Å². The van der Waals surface area contributed by atoms with Gasteiger partial charge in [0.2, 0.25) is 0 Å². The van der Waals surface area contributed by atoms with Gasteiger partial charge in [-0.15, -0.1) is 0 Å². The topological polar surface area (TPSA) is 75.2 Å².